The van der Waals surface area contributed by atoms with Crippen LogP contribution in [-0.4, -0.2) is 5.11 Å². The predicted octanol–water partition coefficient (Wildman–Crippen LogP) is 5.33. The highest BCUT2D eigenvalue weighted by Gasteiger charge is 2.24. The monoisotopic (exact) mass is 504 g/mol. The number of hydrogen-bond acceptors (Lipinski definition) is 3. The van der Waals surface area contributed by atoms with Crippen LogP contribution in [0.15, 0.2) is 0 Å². The summed E-state index contributed by atoms with van der Waals surface area (Å²) in [5, 5.41) is 10.6. The Bertz CT molecular complexity index is 546. The van der Waals surface area contributed by atoms with E-state index in [-0.39, 0.29) is 0 Å². The van der Waals surface area contributed by atoms with Gasteiger partial charge in [-0.1, -0.05) is 0 Å². The highest BCUT2D eigenvalue weighted by Crippen LogP contribution is 2.41. The average Bonchev–Trinajstić information content (AvgIpc) is 2.74. The van der Waals surface area contributed by atoms with E-state index in [1.165, 1.54) is 28.0 Å². The third-order valence-electron chi connectivity index (χ3n) is 3.17. The molecule has 0 radical (unpaired) electrons. The van der Waals surface area contributed by atoms with E-state index in [0.717, 1.165) is 9.75 Å². The van der Waals surface area contributed by atoms with Gasteiger partial charge >= 0.3 is 0 Å². The van der Waals surface area contributed by atoms with Gasteiger partial charge in [-0.3, -0.25) is 0 Å². The van der Waals surface area contributed by atoms with Crippen LogP contribution in [0, 0.1) is 34.8 Å². The third kappa shape index (κ3) is 2.53. The summed E-state index contributed by atoms with van der Waals surface area (Å²) in [4.78, 5) is 4.77. The summed E-state index contributed by atoms with van der Waals surface area (Å²) in [6.07, 6.45) is -0.474. The molecular weight excluding hydrogens is 490 g/mol. The Morgan fingerprint density at radius 2 is 1.17 bits per heavy atom. The van der Waals surface area contributed by atoms with E-state index >= 15 is 0 Å². The molecule has 0 aliphatic rings. The maximum Gasteiger partial charge on any atom is 0.124 e. The van der Waals surface area contributed by atoms with E-state index in [1.54, 1.807) is 22.7 Å². The Labute approximate surface area is 143 Å². The van der Waals surface area contributed by atoms with Crippen molar-refractivity contribution in [2.75, 3.05) is 0 Å². The van der Waals surface area contributed by atoms with Gasteiger partial charge in [0.05, 0.1) is 9.75 Å². The van der Waals surface area contributed by atoms with Crippen molar-refractivity contribution in [2.24, 2.45) is 0 Å². The highest BCUT2D eigenvalue weighted by molar-refractivity contribution is 14.1. The van der Waals surface area contributed by atoms with Gasteiger partial charge in [-0.15, -0.1) is 22.7 Å². The second-order valence-electron chi connectivity index (χ2n) is 4.33. The van der Waals surface area contributed by atoms with Crippen molar-refractivity contribution in [3.8, 4) is 0 Å². The molecule has 2 aromatic rings. The fourth-order valence-electron chi connectivity index (χ4n) is 1.72. The molecule has 0 spiro atoms. The van der Waals surface area contributed by atoms with Gasteiger partial charge in [0, 0.05) is 16.9 Å². The fraction of sp³-hybridized carbons (Fsp3) is 0.385. The van der Waals surface area contributed by atoms with E-state index in [1.807, 2.05) is 0 Å². The first kappa shape index (κ1) is 15.2. The SMILES string of the molecule is Cc1sc(C(O)c2sc(C)c(C)c2I)c(I)c1C. The zero-order valence-electron chi connectivity index (χ0n) is 10.6. The number of aliphatic hydroxyl groups is 1. The molecule has 18 heavy (non-hydrogen) atoms. The van der Waals surface area contributed by atoms with Crippen molar-refractivity contribution in [3.05, 3.63) is 37.8 Å². The highest BCUT2D eigenvalue weighted by atomic mass is 127. The lowest BCUT2D eigenvalue weighted by Crippen LogP contribution is -1.98. The Hall–Kier alpha value is 0.820. The molecule has 1 N–H and O–H groups in total. The summed E-state index contributed by atoms with van der Waals surface area (Å²) < 4.78 is 2.42. The van der Waals surface area contributed by atoms with Crippen molar-refractivity contribution in [3.63, 3.8) is 0 Å². The Balaban J connectivity index is 2.51. The Morgan fingerprint density at radius 1 is 0.833 bits per heavy atom. The molecule has 0 bridgehead atoms. The maximum atomic E-state index is 10.6. The average molecular weight is 504 g/mol. The van der Waals surface area contributed by atoms with Crippen molar-refractivity contribution in [1.29, 1.82) is 0 Å². The molecule has 0 aliphatic heterocycles. The van der Waals surface area contributed by atoms with Crippen molar-refractivity contribution in [1.82, 2.24) is 0 Å². The van der Waals surface area contributed by atoms with Gasteiger partial charge in [0.1, 0.15) is 6.10 Å². The standard InChI is InChI=1S/C13H14I2OS2/c1-5-7(3)17-12(9(5)14)11(16)13-10(15)6(2)8(4)18-13/h11,16H,1-4H3. The van der Waals surface area contributed by atoms with Crippen LogP contribution in [-0.2, 0) is 0 Å². The van der Waals surface area contributed by atoms with Gasteiger partial charge in [0.15, 0.2) is 0 Å². The lowest BCUT2D eigenvalue weighted by Gasteiger charge is -2.08. The first-order valence-electron chi connectivity index (χ1n) is 5.53. The lowest BCUT2D eigenvalue weighted by atomic mass is 10.2. The Kier molecular flexibility index (Phi) is 4.79. The van der Waals surface area contributed by atoms with E-state index in [9.17, 15) is 5.11 Å². The zero-order chi connectivity index (χ0) is 13.6. The van der Waals surface area contributed by atoms with Gasteiger partial charge in [0.2, 0.25) is 0 Å². The molecule has 2 rings (SSSR count). The number of halogens is 2. The summed E-state index contributed by atoms with van der Waals surface area (Å²) in [5.41, 5.74) is 2.60. The minimum Gasteiger partial charge on any atom is -0.382 e. The lowest BCUT2D eigenvalue weighted by molar-refractivity contribution is 0.226. The number of aliphatic hydroxyl groups excluding tert-OH is 1. The minimum atomic E-state index is -0.474. The normalized spacial score (nSPS) is 11.6. The molecule has 5 heteroatoms. The predicted molar refractivity (Wildman–Crippen MR) is 97.1 cm³/mol. The number of hydrogen-bond donors (Lipinski definition) is 1. The van der Waals surface area contributed by atoms with Gasteiger partial charge < -0.3 is 5.11 Å². The molecule has 2 heterocycles. The smallest absolute Gasteiger partial charge is 0.124 e. The molecule has 0 aliphatic carbocycles. The molecular formula is C13H14I2OS2. The molecule has 0 unspecified atom stereocenters. The minimum absolute atomic E-state index is 0.474. The van der Waals surface area contributed by atoms with Gasteiger partial charge in [-0.05, 0) is 84.0 Å². The van der Waals surface area contributed by atoms with E-state index < -0.39 is 6.10 Å². The fourth-order valence-corrected chi connectivity index (χ4v) is 6.34. The maximum absolute atomic E-state index is 10.6. The van der Waals surface area contributed by atoms with Gasteiger partial charge in [-0.25, -0.2) is 0 Å². The van der Waals surface area contributed by atoms with E-state index in [4.69, 9.17) is 0 Å². The van der Waals surface area contributed by atoms with Crippen LogP contribution >= 0.6 is 67.9 Å². The number of aryl methyl sites for hydroxylation is 2. The molecule has 0 saturated heterocycles. The summed E-state index contributed by atoms with van der Waals surface area (Å²) in [6, 6.07) is 0. The van der Waals surface area contributed by atoms with Gasteiger partial charge in [-0.2, -0.15) is 0 Å². The van der Waals surface area contributed by atoms with Crippen molar-refractivity contribution < 1.29 is 5.11 Å². The summed E-state index contributed by atoms with van der Waals surface area (Å²) >= 11 is 8.12. The molecule has 0 atom stereocenters. The van der Waals surface area contributed by atoms with Crippen LogP contribution in [0.3, 0.4) is 0 Å². The summed E-state index contributed by atoms with van der Waals surface area (Å²) in [6.45, 7) is 8.49. The van der Waals surface area contributed by atoms with Gasteiger partial charge in [0.25, 0.3) is 0 Å². The summed E-state index contributed by atoms with van der Waals surface area (Å²) in [5.74, 6) is 0. The Morgan fingerprint density at radius 3 is 1.39 bits per heavy atom. The van der Waals surface area contributed by atoms with Crippen LogP contribution in [0.5, 0.6) is 0 Å². The second-order valence-corrected chi connectivity index (χ2v) is 9.00. The molecule has 0 fully saturated rings. The van der Waals surface area contributed by atoms with E-state index in [2.05, 4.69) is 72.9 Å². The quantitative estimate of drug-likeness (QED) is 0.549. The second kappa shape index (κ2) is 5.67. The first-order chi connectivity index (χ1) is 8.34. The molecule has 0 saturated carbocycles. The largest absolute Gasteiger partial charge is 0.382 e. The third-order valence-corrected chi connectivity index (χ3v) is 9.20. The summed E-state index contributed by atoms with van der Waals surface area (Å²) in [7, 11) is 0. The topological polar surface area (TPSA) is 20.2 Å². The number of thiophene rings is 2. The molecule has 2 aromatic heterocycles. The van der Waals surface area contributed by atoms with Crippen LogP contribution in [0.4, 0.5) is 0 Å². The zero-order valence-corrected chi connectivity index (χ0v) is 16.5. The van der Waals surface area contributed by atoms with Crippen molar-refractivity contribution in [2.45, 2.75) is 33.8 Å². The molecule has 0 amide bonds. The van der Waals surface area contributed by atoms with Crippen LogP contribution in [0.25, 0.3) is 0 Å². The molecule has 0 aromatic carbocycles. The molecule has 98 valence electrons. The van der Waals surface area contributed by atoms with Crippen LogP contribution < -0.4 is 0 Å². The van der Waals surface area contributed by atoms with E-state index in [0.29, 0.717) is 0 Å². The van der Waals surface area contributed by atoms with Crippen LogP contribution in [0.2, 0.25) is 0 Å². The number of rotatable bonds is 2. The first-order valence-corrected chi connectivity index (χ1v) is 9.32. The van der Waals surface area contributed by atoms with Crippen molar-refractivity contribution >= 4 is 67.9 Å². The van der Waals surface area contributed by atoms with Crippen LogP contribution in [0.1, 0.15) is 36.7 Å². The molecule has 1 nitrogen and oxygen atoms in total.